The molecule has 1 aliphatic heterocycles. The van der Waals surface area contributed by atoms with Gasteiger partial charge in [0, 0.05) is 18.8 Å². The largest absolute Gasteiger partial charge is 0.497 e. The first-order valence-electron chi connectivity index (χ1n) is 11.0. The summed E-state index contributed by atoms with van der Waals surface area (Å²) in [6.45, 7) is 3.98. The Morgan fingerprint density at radius 3 is 2.55 bits per heavy atom. The molecule has 0 aromatic heterocycles. The van der Waals surface area contributed by atoms with Crippen molar-refractivity contribution in [2.24, 2.45) is 5.10 Å². The number of nitrogens with zero attached hydrogens (tertiary/aromatic N) is 2. The van der Waals surface area contributed by atoms with Crippen LogP contribution in [0, 0.1) is 0 Å². The first kappa shape index (κ1) is 24.3. The summed E-state index contributed by atoms with van der Waals surface area (Å²) in [7, 11) is 1.62. The number of carbonyl (C=O) groups excluding carboxylic acids is 1. The van der Waals surface area contributed by atoms with E-state index < -0.39 is 0 Å². The van der Waals surface area contributed by atoms with Gasteiger partial charge in [0.05, 0.1) is 19.9 Å². The van der Waals surface area contributed by atoms with Crippen LogP contribution in [0.25, 0.3) is 0 Å². The van der Waals surface area contributed by atoms with Gasteiger partial charge in [-0.1, -0.05) is 0 Å². The molecule has 0 saturated carbocycles. The molecule has 2 N–H and O–H groups in total. The third-order valence-electron chi connectivity index (χ3n) is 5.06. The second-order valence-electron chi connectivity index (χ2n) is 7.42. The van der Waals surface area contributed by atoms with Crippen LogP contribution in [0.1, 0.15) is 31.7 Å². The number of likely N-dealkylation sites (tertiary alicyclic amines) is 1. The number of hydrogen-bond acceptors (Lipinski definition) is 6. The van der Waals surface area contributed by atoms with Gasteiger partial charge in [-0.05, 0) is 86.4 Å². The van der Waals surface area contributed by atoms with Crippen LogP contribution in [-0.2, 0) is 4.79 Å². The van der Waals surface area contributed by atoms with Gasteiger partial charge in [-0.25, -0.2) is 0 Å². The number of rotatable bonds is 9. The van der Waals surface area contributed by atoms with Gasteiger partial charge in [-0.2, -0.15) is 5.10 Å². The number of carbonyl (C=O) groups is 1. The minimum absolute atomic E-state index is 0.000363. The fraction of sp³-hybridized carbons (Fsp3) is 0.375. The van der Waals surface area contributed by atoms with Crippen molar-refractivity contribution in [3.63, 3.8) is 0 Å². The van der Waals surface area contributed by atoms with E-state index in [-0.39, 0.29) is 12.5 Å². The second-order valence-corrected chi connectivity index (χ2v) is 7.83. The SMILES string of the molecule is CCOc1cc(/C=N/NC(=S)Nc2ccc(OC)cc2)ccc1OCC(=O)N1CCCCC1. The molecule has 1 fully saturated rings. The van der Waals surface area contributed by atoms with Gasteiger partial charge in [0.1, 0.15) is 5.75 Å². The highest BCUT2D eigenvalue weighted by molar-refractivity contribution is 7.80. The van der Waals surface area contributed by atoms with Crippen LogP contribution in [0.15, 0.2) is 47.6 Å². The van der Waals surface area contributed by atoms with Crippen LogP contribution in [0.4, 0.5) is 5.69 Å². The maximum absolute atomic E-state index is 12.4. The van der Waals surface area contributed by atoms with Crippen molar-refractivity contribution in [3.05, 3.63) is 48.0 Å². The number of amides is 1. The maximum atomic E-state index is 12.4. The molecular weight excluding hydrogens is 440 g/mol. The average Bonchev–Trinajstić information content (AvgIpc) is 2.84. The monoisotopic (exact) mass is 470 g/mol. The van der Waals surface area contributed by atoms with Gasteiger partial charge in [-0.15, -0.1) is 0 Å². The highest BCUT2D eigenvalue weighted by atomic mass is 32.1. The Balaban J connectivity index is 1.54. The van der Waals surface area contributed by atoms with Crippen LogP contribution in [0.5, 0.6) is 17.2 Å². The van der Waals surface area contributed by atoms with Crippen molar-refractivity contribution in [2.45, 2.75) is 26.2 Å². The van der Waals surface area contributed by atoms with Gasteiger partial charge < -0.3 is 24.4 Å². The minimum atomic E-state index is 0.000363. The van der Waals surface area contributed by atoms with Crippen LogP contribution >= 0.6 is 12.2 Å². The van der Waals surface area contributed by atoms with E-state index in [0.29, 0.717) is 23.2 Å². The third-order valence-corrected chi connectivity index (χ3v) is 5.25. The molecule has 0 bridgehead atoms. The van der Waals surface area contributed by atoms with Crippen LogP contribution in [0.3, 0.4) is 0 Å². The number of hydrazone groups is 1. The van der Waals surface area contributed by atoms with Crippen molar-refractivity contribution in [1.82, 2.24) is 10.3 Å². The zero-order chi connectivity index (χ0) is 23.5. The molecule has 176 valence electrons. The Morgan fingerprint density at radius 1 is 1.09 bits per heavy atom. The molecule has 0 spiro atoms. The number of anilines is 1. The molecule has 1 saturated heterocycles. The predicted molar refractivity (Wildman–Crippen MR) is 133 cm³/mol. The normalized spacial score (nSPS) is 13.5. The summed E-state index contributed by atoms with van der Waals surface area (Å²) in [5.74, 6) is 1.87. The summed E-state index contributed by atoms with van der Waals surface area (Å²) in [6, 6.07) is 12.8. The highest BCUT2D eigenvalue weighted by Crippen LogP contribution is 2.28. The molecule has 3 rings (SSSR count). The van der Waals surface area contributed by atoms with Gasteiger partial charge in [0.15, 0.2) is 23.2 Å². The van der Waals surface area contributed by atoms with E-state index in [1.165, 1.54) is 6.42 Å². The van der Waals surface area contributed by atoms with Crippen molar-refractivity contribution in [3.8, 4) is 17.2 Å². The van der Waals surface area contributed by atoms with Crippen LogP contribution in [0.2, 0.25) is 0 Å². The number of ether oxygens (including phenoxy) is 3. The zero-order valence-corrected chi connectivity index (χ0v) is 19.8. The van der Waals surface area contributed by atoms with E-state index in [2.05, 4.69) is 15.8 Å². The van der Waals surface area contributed by atoms with E-state index in [0.717, 1.165) is 42.9 Å². The highest BCUT2D eigenvalue weighted by Gasteiger charge is 2.17. The van der Waals surface area contributed by atoms with E-state index in [1.54, 1.807) is 19.4 Å². The van der Waals surface area contributed by atoms with Gasteiger partial charge in [0.2, 0.25) is 0 Å². The van der Waals surface area contributed by atoms with Crippen molar-refractivity contribution >= 4 is 35.1 Å². The third kappa shape index (κ3) is 7.64. The topological polar surface area (TPSA) is 84.4 Å². The van der Waals surface area contributed by atoms with Crippen LogP contribution < -0.4 is 25.0 Å². The summed E-state index contributed by atoms with van der Waals surface area (Å²) in [5.41, 5.74) is 4.41. The molecule has 8 nitrogen and oxygen atoms in total. The van der Waals surface area contributed by atoms with E-state index in [9.17, 15) is 4.79 Å². The molecule has 2 aromatic carbocycles. The molecule has 2 aromatic rings. The minimum Gasteiger partial charge on any atom is -0.497 e. The van der Waals surface area contributed by atoms with Gasteiger partial charge >= 0.3 is 0 Å². The quantitative estimate of drug-likeness (QED) is 0.328. The number of nitrogens with one attached hydrogen (secondary N) is 2. The summed E-state index contributed by atoms with van der Waals surface area (Å²) >= 11 is 5.27. The Bertz CT molecular complexity index is 959. The summed E-state index contributed by atoms with van der Waals surface area (Å²) in [6.07, 6.45) is 4.92. The fourth-order valence-electron chi connectivity index (χ4n) is 3.37. The summed E-state index contributed by atoms with van der Waals surface area (Å²) < 4.78 is 16.6. The summed E-state index contributed by atoms with van der Waals surface area (Å²) in [5, 5.41) is 7.58. The summed E-state index contributed by atoms with van der Waals surface area (Å²) in [4.78, 5) is 14.2. The molecule has 1 aliphatic rings. The van der Waals surface area contributed by atoms with Gasteiger partial charge in [-0.3, -0.25) is 10.2 Å². The number of piperidine rings is 1. The Kier molecular flexibility index (Phi) is 9.31. The van der Waals surface area contributed by atoms with E-state index in [1.807, 2.05) is 48.2 Å². The molecule has 0 atom stereocenters. The maximum Gasteiger partial charge on any atom is 0.260 e. The Morgan fingerprint density at radius 2 is 1.85 bits per heavy atom. The first-order valence-corrected chi connectivity index (χ1v) is 11.4. The fourth-order valence-corrected chi connectivity index (χ4v) is 3.54. The number of benzene rings is 2. The first-order chi connectivity index (χ1) is 16.1. The average molecular weight is 471 g/mol. The lowest BCUT2D eigenvalue weighted by molar-refractivity contribution is -0.134. The number of thiocarbonyl (C=S) groups is 1. The number of methoxy groups -OCH3 is 1. The predicted octanol–water partition coefficient (Wildman–Crippen LogP) is 3.81. The van der Waals surface area contributed by atoms with Crippen molar-refractivity contribution in [2.75, 3.05) is 38.7 Å². The lowest BCUT2D eigenvalue weighted by atomic mass is 10.1. The zero-order valence-electron chi connectivity index (χ0n) is 19.0. The molecule has 1 heterocycles. The molecule has 1 amide bonds. The molecule has 0 radical (unpaired) electrons. The lowest BCUT2D eigenvalue weighted by Crippen LogP contribution is -2.38. The molecule has 0 unspecified atom stereocenters. The number of hydrogen-bond donors (Lipinski definition) is 2. The standard InChI is InChI=1S/C24H30N4O4S/c1-3-31-22-15-18(7-12-21(22)32-17-23(29)28-13-5-4-6-14-28)16-25-27-24(33)26-19-8-10-20(30-2)11-9-19/h7-12,15-16H,3-6,13-14,17H2,1-2H3,(H2,26,27,33)/b25-16+. The molecule has 0 aliphatic carbocycles. The van der Waals surface area contributed by atoms with E-state index in [4.69, 9.17) is 26.4 Å². The smallest absolute Gasteiger partial charge is 0.260 e. The molecule has 9 heteroatoms. The van der Waals surface area contributed by atoms with Gasteiger partial charge in [0.25, 0.3) is 5.91 Å². The second kappa shape index (κ2) is 12.6. The van der Waals surface area contributed by atoms with Crippen molar-refractivity contribution < 1.29 is 19.0 Å². The van der Waals surface area contributed by atoms with Crippen molar-refractivity contribution in [1.29, 1.82) is 0 Å². The van der Waals surface area contributed by atoms with E-state index >= 15 is 0 Å². The molecule has 33 heavy (non-hydrogen) atoms. The Labute approximate surface area is 199 Å². The van der Waals surface area contributed by atoms with Crippen LogP contribution in [-0.4, -0.2) is 55.5 Å². The Hall–Kier alpha value is -3.33. The lowest BCUT2D eigenvalue weighted by Gasteiger charge is -2.26. The molecular formula is C24H30N4O4S.